The highest BCUT2D eigenvalue weighted by atomic mass is 16.2. The summed E-state index contributed by atoms with van der Waals surface area (Å²) in [4.78, 5) is 11.8. The predicted octanol–water partition coefficient (Wildman–Crippen LogP) is 1.60. The first kappa shape index (κ1) is 11.6. The number of terminal acetylenes is 1. The third kappa shape index (κ3) is 2.73. The van der Waals surface area contributed by atoms with Gasteiger partial charge in [-0.2, -0.15) is 5.26 Å². The summed E-state index contributed by atoms with van der Waals surface area (Å²) in [6.07, 6.45) is 10.0. The Morgan fingerprint density at radius 2 is 2.07 bits per heavy atom. The van der Waals surface area contributed by atoms with Crippen molar-refractivity contribution in [3.8, 4) is 18.4 Å². The molecule has 0 bridgehead atoms. The molecule has 1 rings (SSSR count). The molecule has 3 nitrogen and oxygen atoms in total. The lowest BCUT2D eigenvalue weighted by molar-refractivity contribution is -0.129. The molecule has 0 aromatic heterocycles. The van der Waals surface area contributed by atoms with E-state index in [4.69, 9.17) is 11.7 Å². The van der Waals surface area contributed by atoms with Crippen molar-refractivity contribution in [2.75, 3.05) is 6.54 Å². The van der Waals surface area contributed by atoms with Crippen LogP contribution >= 0.6 is 0 Å². The minimum atomic E-state index is -0.785. The molecule has 1 aliphatic carbocycles. The molecule has 0 atom stereocenters. The van der Waals surface area contributed by atoms with Gasteiger partial charge in [0.15, 0.2) is 0 Å². The van der Waals surface area contributed by atoms with Gasteiger partial charge in [0, 0.05) is 13.0 Å². The van der Waals surface area contributed by atoms with E-state index in [9.17, 15) is 4.79 Å². The normalized spacial score (nSPS) is 18.5. The number of carbonyl (C=O) groups is 1. The molecule has 0 aliphatic heterocycles. The number of carbonyl (C=O) groups excluding carboxylic acids is 1. The highest BCUT2D eigenvalue weighted by Crippen LogP contribution is 2.35. The van der Waals surface area contributed by atoms with E-state index >= 15 is 0 Å². The number of amides is 1. The van der Waals surface area contributed by atoms with Gasteiger partial charge >= 0.3 is 0 Å². The molecule has 80 valence electrons. The highest BCUT2D eigenvalue weighted by Gasteiger charge is 2.39. The molecule has 15 heavy (non-hydrogen) atoms. The van der Waals surface area contributed by atoms with Crippen molar-refractivity contribution < 1.29 is 4.79 Å². The van der Waals surface area contributed by atoms with E-state index in [0.29, 0.717) is 25.8 Å². The van der Waals surface area contributed by atoms with E-state index in [2.05, 4.69) is 17.3 Å². The minimum absolute atomic E-state index is 0.139. The fourth-order valence-electron chi connectivity index (χ4n) is 1.96. The van der Waals surface area contributed by atoms with Gasteiger partial charge in [0.25, 0.3) is 0 Å². The van der Waals surface area contributed by atoms with Gasteiger partial charge < -0.3 is 5.32 Å². The summed E-state index contributed by atoms with van der Waals surface area (Å²) in [6, 6.07) is 2.18. The van der Waals surface area contributed by atoms with Crippen LogP contribution in [0.15, 0.2) is 0 Å². The number of hydrogen-bond donors (Lipinski definition) is 1. The van der Waals surface area contributed by atoms with Gasteiger partial charge in [-0.15, -0.1) is 12.3 Å². The molecule has 0 spiro atoms. The Balaban J connectivity index is 2.54. The van der Waals surface area contributed by atoms with Gasteiger partial charge in [-0.3, -0.25) is 4.79 Å². The predicted molar refractivity (Wildman–Crippen MR) is 57.6 cm³/mol. The summed E-state index contributed by atoms with van der Waals surface area (Å²) in [5.41, 5.74) is -0.785. The van der Waals surface area contributed by atoms with Crippen LogP contribution in [0.5, 0.6) is 0 Å². The van der Waals surface area contributed by atoms with Gasteiger partial charge in [0.2, 0.25) is 5.91 Å². The van der Waals surface area contributed by atoms with Crippen molar-refractivity contribution in [1.82, 2.24) is 5.32 Å². The number of nitriles is 1. The molecule has 0 radical (unpaired) electrons. The number of hydrogen-bond acceptors (Lipinski definition) is 2. The molecule has 1 aliphatic rings. The molecule has 0 aromatic rings. The lowest BCUT2D eigenvalue weighted by atomic mass is 9.74. The summed E-state index contributed by atoms with van der Waals surface area (Å²) in [5, 5.41) is 11.9. The molecular weight excluding hydrogens is 188 g/mol. The van der Waals surface area contributed by atoms with Crippen molar-refractivity contribution in [3.05, 3.63) is 0 Å². The van der Waals surface area contributed by atoms with E-state index in [1.54, 1.807) is 0 Å². The fraction of sp³-hybridized carbons (Fsp3) is 0.667. The van der Waals surface area contributed by atoms with Crippen LogP contribution in [0.3, 0.4) is 0 Å². The van der Waals surface area contributed by atoms with Gasteiger partial charge in [0.1, 0.15) is 5.41 Å². The van der Waals surface area contributed by atoms with Crippen LogP contribution in [0.2, 0.25) is 0 Å². The maximum Gasteiger partial charge on any atom is 0.240 e. The second kappa shape index (κ2) is 5.41. The van der Waals surface area contributed by atoms with Crippen molar-refractivity contribution in [2.45, 2.75) is 38.5 Å². The highest BCUT2D eigenvalue weighted by molar-refractivity contribution is 5.85. The van der Waals surface area contributed by atoms with E-state index in [0.717, 1.165) is 19.3 Å². The van der Waals surface area contributed by atoms with Crippen molar-refractivity contribution in [2.24, 2.45) is 5.41 Å². The van der Waals surface area contributed by atoms with Crippen molar-refractivity contribution in [3.63, 3.8) is 0 Å². The maximum absolute atomic E-state index is 11.8. The molecule has 0 heterocycles. The zero-order valence-corrected chi connectivity index (χ0v) is 8.88. The fourth-order valence-corrected chi connectivity index (χ4v) is 1.96. The van der Waals surface area contributed by atoms with Crippen molar-refractivity contribution in [1.29, 1.82) is 5.26 Å². The average Bonchev–Trinajstić information content (AvgIpc) is 2.30. The topological polar surface area (TPSA) is 52.9 Å². The monoisotopic (exact) mass is 204 g/mol. The zero-order valence-electron chi connectivity index (χ0n) is 8.88. The quantitative estimate of drug-likeness (QED) is 0.560. The lowest BCUT2D eigenvalue weighted by Gasteiger charge is -2.28. The Kier molecular flexibility index (Phi) is 4.18. The van der Waals surface area contributed by atoms with E-state index < -0.39 is 5.41 Å². The maximum atomic E-state index is 11.8. The van der Waals surface area contributed by atoms with Gasteiger partial charge in [0.05, 0.1) is 6.07 Å². The largest absolute Gasteiger partial charge is 0.354 e. The smallest absolute Gasteiger partial charge is 0.240 e. The number of rotatable bonds is 3. The molecule has 1 fully saturated rings. The first-order valence-electron chi connectivity index (χ1n) is 5.38. The molecule has 1 amide bonds. The molecule has 0 aromatic carbocycles. The van der Waals surface area contributed by atoms with Gasteiger partial charge in [-0.05, 0) is 12.8 Å². The SMILES string of the molecule is C#CCCNC(=O)C1(C#N)CCCCC1. The third-order valence-corrected chi connectivity index (χ3v) is 2.91. The standard InChI is InChI=1S/C12H16N2O/c1-2-3-9-14-11(15)12(10-13)7-5-4-6-8-12/h1H,3-9H2,(H,14,15). The zero-order chi connectivity index (χ0) is 11.1. The summed E-state index contributed by atoms with van der Waals surface area (Å²) in [6.45, 7) is 0.471. The first-order valence-corrected chi connectivity index (χ1v) is 5.38. The molecule has 0 saturated heterocycles. The number of nitrogens with one attached hydrogen (secondary N) is 1. The van der Waals surface area contributed by atoms with Crippen molar-refractivity contribution >= 4 is 5.91 Å². The minimum Gasteiger partial charge on any atom is -0.354 e. The Labute approximate surface area is 90.9 Å². The van der Waals surface area contributed by atoms with Gasteiger partial charge in [-0.25, -0.2) is 0 Å². The van der Waals surface area contributed by atoms with E-state index in [1.165, 1.54) is 0 Å². The molecule has 1 saturated carbocycles. The Morgan fingerprint density at radius 1 is 1.40 bits per heavy atom. The second-order valence-corrected chi connectivity index (χ2v) is 3.96. The second-order valence-electron chi connectivity index (χ2n) is 3.96. The number of nitrogens with zero attached hydrogens (tertiary/aromatic N) is 1. The molecule has 1 N–H and O–H groups in total. The molecule has 0 unspecified atom stereocenters. The van der Waals surface area contributed by atoms with E-state index in [-0.39, 0.29) is 5.91 Å². The summed E-state index contributed by atoms with van der Waals surface area (Å²) in [7, 11) is 0. The van der Waals surface area contributed by atoms with Crippen LogP contribution < -0.4 is 5.32 Å². The summed E-state index contributed by atoms with van der Waals surface area (Å²) >= 11 is 0. The van der Waals surface area contributed by atoms with E-state index in [1.807, 2.05) is 0 Å². The average molecular weight is 204 g/mol. The van der Waals surface area contributed by atoms with Crippen LogP contribution in [0.4, 0.5) is 0 Å². The van der Waals surface area contributed by atoms with Crippen LogP contribution in [-0.4, -0.2) is 12.5 Å². The Morgan fingerprint density at radius 3 is 2.60 bits per heavy atom. The van der Waals surface area contributed by atoms with Gasteiger partial charge in [-0.1, -0.05) is 19.3 Å². The Hall–Kier alpha value is -1.48. The molecular formula is C12H16N2O. The summed E-state index contributed by atoms with van der Waals surface area (Å²) in [5.74, 6) is 2.32. The van der Waals surface area contributed by atoms with Crippen LogP contribution in [0.25, 0.3) is 0 Å². The summed E-state index contributed by atoms with van der Waals surface area (Å²) < 4.78 is 0. The third-order valence-electron chi connectivity index (χ3n) is 2.91. The first-order chi connectivity index (χ1) is 7.25. The van der Waals surface area contributed by atoms with Crippen LogP contribution in [0.1, 0.15) is 38.5 Å². The molecule has 3 heteroatoms. The lowest BCUT2D eigenvalue weighted by Crippen LogP contribution is -2.41. The van der Waals surface area contributed by atoms with Crippen LogP contribution in [0, 0.1) is 29.1 Å². The Bertz CT molecular complexity index is 303. The van der Waals surface area contributed by atoms with Crippen LogP contribution in [-0.2, 0) is 4.79 Å².